The number of aldehydes is 1. The van der Waals surface area contributed by atoms with Crippen molar-refractivity contribution in [1.29, 1.82) is 0 Å². The van der Waals surface area contributed by atoms with Crippen molar-refractivity contribution in [3.05, 3.63) is 33.8 Å². The standard InChI is InChI=1S/C14H19N3O3/c1-5-6-12-10(2)16(4)14(20)17(12)11(9-18)7-8-13(19)15-3/h5-6,9,11H,1-2,7-8H2,3-4H3,(H,15,19)/b12-6+. The summed E-state index contributed by atoms with van der Waals surface area (Å²) < 4.78 is 2.71. The SMILES string of the molecule is C=C/C=c1\c(=C)n(C)c(=O)n1C(C=O)CCC(=O)NC. The van der Waals surface area contributed by atoms with Crippen LogP contribution in [0.4, 0.5) is 0 Å². The van der Waals surface area contributed by atoms with Crippen LogP contribution in [0.5, 0.6) is 0 Å². The fourth-order valence-electron chi connectivity index (χ4n) is 1.96. The fraction of sp³-hybridized carbons (Fsp3) is 0.357. The van der Waals surface area contributed by atoms with E-state index in [4.69, 9.17) is 0 Å². The molecule has 1 heterocycles. The van der Waals surface area contributed by atoms with Crippen molar-refractivity contribution in [2.45, 2.75) is 18.9 Å². The number of carbonyl (C=O) groups is 2. The molecule has 1 aromatic rings. The van der Waals surface area contributed by atoms with Gasteiger partial charge in [0.2, 0.25) is 5.91 Å². The van der Waals surface area contributed by atoms with Gasteiger partial charge in [-0.25, -0.2) is 4.79 Å². The highest BCUT2D eigenvalue weighted by Gasteiger charge is 2.17. The van der Waals surface area contributed by atoms with E-state index in [0.29, 0.717) is 17.0 Å². The number of imidazole rings is 1. The van der Waals surface area contributed by atoms with Crippen molar-refractivity contribution < 1.29 is 9.59 Å². The molecule has 1 unspecified atom stereocenters. The molecule has 0 aliphatic rings. The molecule has 1 atom stereocenters. The van der Waals surface area contributed by atoms with Crippen molar-refractivity contribution >= 4 is 24.8 Å². The third-order valence-corrected chi connectivity index (χ3v) is 3.16. The summed E-state index contributed by atoms with van der Waals surface area (Å²) >= 11 is 0. The van der Waals surface area contributed by atoms with Gasteiger partial charge in [0.05, 0.1) is 16.7 Å². The molecule has 1 N–H and O–H groups in total. The zero-order chi connectivity index (χ0) is 15.3. The predicted octanol–water partition coefficient (Wildman–Crippen LogP) is -1.17. The molecule has 0 aromatic carbocycles. The summed E-state index contributed by atoms with van der Waals surface area (Å²) in [7, 11) is 3.11. The number of allylic oxidation sites excluding steroid dienone is 1. The van der Waals surface area contributed by atoms with Crippen LogP contribution in [0.1, 0.15) is 18.9 Å². The Balaban J connectivity index is 3.33. The molecule has 108 valence electrons. The molecule has 0 saturated heterocycles. The second-order valence-corrected chi connectivity index (χ2v) is 4.36. The number of carbonyl (C=O) groups excluding carboxylic acids is 2. The first-order valence-corrected chi connectivity index (χ1v) is 6.22. The van der Waals surface area contributed by atoms with Gasteiger partial charge < -0.3 is 10.1 Å². The van der Waals surface area contributed by atoms with Crippen LogP contribution < -0.4 is 21.7 Å². The van der Waals surface area contributed by atoms with E-state index in [0.717, 1.165) is 0 Å². The van der Waals surface area contributed by atoms with E-state index >= 15 is 0 Å². The fourth-order valence-corrected chi connectivity index (χ4v) is 1.96. The van der Waals surface area contributed by atoms with E-state index in [1.165, 1.54) is 22.3 Å². The third-order valence-electron chi connectivity index (χ3n) is 3.16. The summed E-state index contributed by atoms with van der Waals surface area (Å²) in [4.78, 5) is 34.7. The molecule has 0 aliphatic carbocycles. The van der Waals surface area contributed by atoms with Crippen LogP contribution >= 0.6 is 0 Å². The van der Waals surface area contributed by atoms with E-state index in [1.54, 1.807) is 13.1 Å². The lowest BCUT2D eigenvalue weighted by molar-refractivity contribution is -0.121. The molecular weight excluding hydrogens is 258 g/mol. The minimum atomic E-state index is -0.701. The van der Waals surface area contributed by atoms with Crippen molar-refractivity contribution in [1.82, 2.24) is 14.5 Å². The molecule has 0 aliphatic heterocycles. The minimum absolute atomic E-state index is 0.168. The molecule has 6 nitrogen and oxygen atoms in total. The molecule has 0 fully saturated rings. The maximum Gasteiger partial charge on any atom is 0.329 e. The van der Waals surface area contributed by atoms with Gasteiger partial charge in [0, 0.05) is 20.5 Å². The van der Waals surface area contributed by atoms with Gasteiger partial charge in [0.1, 0.15) is 6.29 Å². The highest BCUT2D eigenvalue weighted by molar-refractivity contribution is 5.76. The first-order valence-electron chi connectivity index (χ1n) is 6.22. The number of hydrogen-bond donors (Lipinski definition) is 1. The van der Waals surface area contributed by atoms with Crippen molar-refractivity contribution in [2.24, 2.45) is 7.05 Å². The molecule has 6 heteroatoms. The van der Waals surface area contributed by atoms with Crippen LogP contribution in [0.3, 0.4) is 0 Å². The van der Waals surface area contributed by atoms with Crippen LogP contribution in [0.25, 0.3) is 12.7 Å². The normalized spacial score (nSPS) is 13.0. The van der Waals surface area contributed by atoms with Crippen LogP contribution in [0, 0.1) is 0 Å². The smallest absolute Gasteiger partial charge is 0.329 e. The molecule has 20 heavy (non-hydrogen) atoms. The zero-order valence-electron chi connectivity index (χ0n) is 11.8. The van der Waals surface area contributed by atoms with Crippen molar-refractivity contribution in [2.75, 3.05) is 7.05 Å². The molecule has 0 bridgehead atoms. The van der Waals surface area contributed by atoms with Gasteiger partial charge >= 0.3 is 5.69 Å². The van der Waals surface area contributed by atoms with Crippen molar-refractivity contribution in [3.63, 3.8) is 0 Å². The Hall–Kier alpha value is -2.37. The molecule has 1 rings (SSSR count). The highest BCUT2D eigenvalue weighted by atomic mass is 16.2. The van der Waals surface area contributed by atoms with Gasteiger partial charge in [-0.2, -0.15) is 0 Å². The lowest BCUT2D eigenvalue weighted by Crippen LogP contribution is -2.36. The second-order valence-electron chi connectivity index (χ2n) is 4.36. The van der Waals surface area contributed by atoms with Gasteiger partial charge in [-0.3, -0.25) is 13.9 Å². The maximum absolute atomic E-state index is 12.2. The highest BCUT2D eigenvalue weighted by Crippen LogP contribution is 2.06. The lowest BCUT2D eigenvalue weighted by atomic mass is 10.1. The monoisotopic (exact) mass is 277 g/mol. The molecular formula is C14H19N3O3. The number of hydrogen-bond acceptors (Lipinski definition) is 3. The average Bonchev–Trinajstić information content (AvgIpc) is 2.65. The molecule has 0 saturated carbocycles. The zero-order valence-corrected chi connectivity index (χ0v) is 11.8. The van der Waals surface area contributed by atoms with E-state index in [9.17, 15) is 14.4 Å². The van der Waals surface area contributed by atoms with E-state index in [-0.39, 0.29) is 24.4 Å². The van der Waals surface area contributed by atoms with Gasteiger partial charge in [0.25, 0.3) is 0 Å². The molecule has 1 amide bonds. The number of amides is 1. The van der Waals surface area contributed by atoms with E-state index < -0.39 is 6.04 Å². The predicted molar refractivity (Wildman–Crippen MR) is 77.5 cm³/mol. The quantitative estimate of drug-likeness (QED) is 0.666. The summed E-state index contributed by atoms with van der Waals surface area (Å²) in [5.41, 5.74) is -0.336. The Morgan fingerprint density at radius 1 is 1.50 bits per heavy atom. The number of nitrogens with one attached hydrogen (secondary N) is 1. The summed E-state index contributed by atoms with van der Waals surface area (Å²) in [6.07, 6.45) is 4.25. The number of rotatable bonds is 6. The summed E-state index contributed by atoms with van der Waals surface area (Å²) in [6.45, 7) is 7.41. The van der Waals surface area contributed by atoms with E-state index in [1.807, 2.05) is 0 Å². The minimum Gasteiger partial charge on any atom is -0.359 e. The van der Waals surface area contributed by atoms with Crippen LogP contribution in [-0.4, -0.2) is 28.4 Å². The first-order chi connectivity index (χ1) is 9.47. The summed E-state index contributed by atoms with van der Waals surface area (Å²) in [5, 5.41) is 3.51. The topological polar surface area (TPSA) is 73.1 Å². The Labute approximate surface area is 116 Å². The Morgan fingerprint density at radius 3 is 2.65 bits per heavy atom. The van der Waals surface area contributed by atoms with Crippen LogP contribution in [0.2, 0.25) is 0 Å². The van der Waals surface area contributed by atoms with Gasteiger partial charge in [-0.1, -0.05) is 19.2 Å². The van der Waals surface area contributed by atoms with Crippen LogP contribution in [-0.2, 0) is 16.6 Å². The Bertz CT molecular complexity index is 682. The summed E-state index contributed by atoms with van der Waals surface area (Å²) in [6, 6.07) is -0.701. The van der Waals surface area contributed by atoms with Gasteiger partial charge in [0.15, 0.2) is 0 Å². The Kier molecular flexibility index (Phi) is 5.25. The largest absolute Gasteiger partial charge is 0.359 e. The average molecular weight is 277 g/mol. The Morgan fingerprint density at radius 2 is 2.15 bits per heavy atom. The lowest BCUT2D eigenvalue weighted by Gasteiger charge is -2.11. The summed E-state index contributed by atoms with van der Waals surface area (Å²) in [5.74, 6) is -0.176. The number of nitrogens with zero attached hydrogens (tertiary/aromatic N) is 2. The third kappa shape index (κ3) is 2.96. The molecule has 0 radical (unpaired) electrons. The van der Waals surface area contributed by atoms with Crippen LogP contribution in [0.15, 0.2) is 17.4 Å². The second kappa shape index (κ2) is 6.70. The molecule has 1 aromatic heterocycles. The van der Waals surface area contributed by atoms with E-state index in [2.05, 4.69) is 18.5 Å². The van der Waals surface area contributed by atoms with Gasteiger partial charge in [-0.15, -0.1) is 0 Å². The number of aromatic nitrogens is 2. The first kappa shape index (κ1) is 15.7. The van der Waals surface area contributed by atoms with Gasteiger partial charge in [-0.05, 0) is 12.5 Å². The molecule has 0 spiro atoms. The van der Waals surface area contributed by atoms with Crippen molar-refractivity contribution in [3.8, 4) is 0 Å². The maximum atomic E-state index is 12.2.